The molecule has 1 aromatic heterocycles. The van der Waals surface area contributed by atoms with Gasteiger partial charge in [0.05, 0.1) is 5.69 Å². The highest BCUT2D eigenvalue weighted by Crippen LogP contribution is 2.26. The monoisotopic (exact) mass is 298 g/mol. The molecule has 1 N–H and O–H groups in total. The molecule has 0 atom stereocenters. The minimum atomic E-state index is -4.38. The molecule has 0 bridgehead atoms. The third-order valence-corrected chi connectivity index (χ3v) is 2.82. The van der Waals surface area contributed by atoms with Gasteiger partial charge in [-0.15, -0.1) is 0 Å². The molecule has 3 nitrogen and oxygen atoms in total. The second kappa shape index (κ2) is 6.30. The summed E-state index contributed by atoms with van der Waals surface area (Å²) in [6, 6.07) is 9.22. The zero-order chi connectivity index (χ0) is 15.5. The summed E-state index contributed by atoms with van der Waals surface area (Å²) < 4.78 is 41.9. The van der Waals surface area contributed by atoms with E-state index in [2.05, 4.69) is 10.3 Å². The number of rotatable bonds is 5. The van der Waals surface area contributed by atoms with Crippen LogP contribution in [0, 0.1) is 0 Å². The number of halogens is 3. The minimum absolute atomic E-state index is 0.0194. The normalized spacial score (nSPS) is 12.1. The summed E-state index contributed by atoms with van der Waals surface area (Å²) in [5, 5.41) is 4.57. The van der Waals surface area contributed by atoms with E-state index in [4.69, 9.17) is 4.74 Å². The SMILES string of the molecule is CC(C)NCc1cc2ccccc2c(OCC(F)(F)F)n1. The fraction of sp³-hybridized carbons (Fsp3) is 0.400. The van der Waals surface area contributed by atoms with Crippen molar-refractivity contribution in [3.63, 3.8) is 0 Å². The lowest BCUT2D eigenvalue weighted by Gasteiger charge is -2.13. The number of fused-ring (bicyclic) bond motifs is 1. The zero-order valence-corrected chi connectivity index (χ0v) is 11.9. The topological polar surface area (TPSA) is 34.1 Å². The van der Waals surface area contributed by atoms with Crippen molar-refractivity contribution in [3.8, 4) is 5.88 Å². The number of benzene rings is 1. The maximum Gasteiger partial charge on any atom is 0.422 e. The fourth-order valence-corrected chi connectivity index (χ4v) is 1.88. The second-order valence-corrected chi connectivity index (χ2v) is 5.08. The highest BCUT2D eigenvalue weighted by molar-refractivity contribution is 5.87. The molecule has 0 radical (unpaired) electrons. The third kappa shape index (κ3) is 4.60. The standard InChI is InChI=1S/C15H17F3N2O/c1-10(2)19-8-12-7-11-5-3-4-6-13(11)14(20-12)21-9-15(16,17)18/h3-7,10,19H,8-9H2,1-2H3. The van der Waals surface area contributed by atoms with Crippen molar-refractivity contribution in [3.05, 3.63) is 36.0 Å². The second-order valence-electron chi connectivity index (χ2n) is 5.08. The Morgan fingerprint density at radius 3 is 2.62 bits per heavy atom. The van der Waals surface area contributed by atoms with Crippen LogP contribution in [0.2, 0.25) is 0 Å². The van der Waals surface area contributed by atoms with Gasteiger partial charge in [0.15, 0.2) is 6.61 Å². The van der Waals surface area contributed by atoms with Gasteiger partial charge in [-0.1, -0.05) is 32.0 Å². The summed E-state index contributed by atoms with van der Waals surface area (Å²) in [6.45, 7) is 3.11. The first-order valence-electron chi connectivity index (χ1n) is 6.67. The van der Waals surface area contributed by atoms with E-state index in [1.54, 1.807) is 12.1 Å². The molecule has 0 unspecified atom stereocenters. The molecule has 21 heavy (non-hydrogen) atoms. The predicted molar refractivity (Wildman–Crippen MR) is 75.3 cm³/mol. The molecule has 0 saturated heterocycles. The van der Waals surface area contributed by atoms with Gasteiger partial charge in [-0.25, -0.2) is 4.98 Å². The first-order valence-corrected chi connectivity index (χ1v) is 6.67. The molecule has 1 heterocycles. The first-order chi connectivity index (χ1) is 9.85. The molecule has 114 valence electrons. The van der Waals surface area contributed by atoms with E-state index in [9.17, 15) is 13.2 Å². The van der Waals surface area contributed by atoms with Gasteiger partial charge < -0.3 is 10.1 Å². The molecule has 2 rings (SSSR count). The average molecular weight is 298 g/mol. The van der Waals surface area contributed by atoms with Gasteiger partial charge in [0.1, 0.15) is 0 Å². The summed E-state index contributed by atoms with van der Waals surface area (Å²) in [5.41, 5.74) is 0.652. The number of hydrogen-bond acceptors (Lipinski definition) is 3. The highest BCUT2D eigenvalue weighted by Gasteiger charge is 2.29. The molecule has 0 fully saturated rings. The lowest BCUT2D eigenvalue weighted by Crippen LogP contribution is -2.23. The Balaban J connectivity index is 2.31. The number of nitrogens with one attached hydrogen (secondary N) is 1. The summed E-state index contributed by atoms with van der Waals surface area (Å²) in [4.78, 5) is 4.19. The Labute approximate surface area is 121 Å². The molecule has 6 heteroatoms. The van der Waals surface area contributed by atoms with Crippen LogP contribution in [0.25, 0.3) is 10.8 Å². The molecule has 0 aliphatic carbocycles. The molecule has 0 aliphatic heterocycles. The number of aromatic nitrogens is 1. The van der Waals surface area contributed by atoms with E-state index in [-0.39, 0.29) is 11.9 Å². The van der Waals surface area contributed by atoms with Gasteiger partial charge in [-0.3, -0.25) is 0 Å². The largest absolute Gasteiger partial charge is 0.468 e. The van der Waals surface area contributed by atoms with Gasteiger partial charge in [0.25, 0.3) is 0 Å². The summed E-state index contributed by atoms with van der Waals surface area (Å²) >= 11 is 0. The van der Waals surface area contributed by atoms with Gasteiger partial charge in [-0.05, 0) is 17.5 Å². The summed E-state index contributed by atoms with van der Waals surface area (Å²) in [6.07, 6.45) is -4.38. The van der Waals surface area contributed by atoms with Crippen LogP contribution in [-0.2, 0) is 6.54 Å². The summed E-state index contributed by atoms with van der Waals surface area (Å²) in [7, 11) is 0. The van der Waals surface area contributed by atoms with Crippen LogP contribution in [0.5, 0.6) is 5.88 Å². The molecular weight excluding hydrogens is 281 g/mol. The van der Waals surface area contributed by atoms with E-state index in [1.165, 1.54) is 0 Å². The van der Waals surface area contributed by atoms with Gasteiger partial charge >= 0.3 is 6.18 Å². The van der Waals surface area contributed by atoms with Crippen LogP contribution in [-0.4, -0.2) is 23.8 Å². The Morgan fingerprint density at radius 2 is 1.95 bits per heavy atom. The molecule has 0 saturated carbocycles. The maximum atomic E-state index is 12.3. The zero-order valence-electron chi connectivity index (χ0n) is 11.9. The van der Waals surface area contributed by atoms with Crippen LogP contribution < -0.4 is 10.1 Å². The Kier molecular flexibility index (Phi) is 4.67. The van der Waals surface area contributed by atoms with E-state index < -0.39 is 12.8 Å². The van der Waals surface area contributed by atoms with Gasteiger partial charge in [-0.2, -0.15) is 13.2 Å². The number of ether oxygens (including phenoxy) is 1. The number of hydrogen-bond donors (Lipinski definition) is 1. The smallest absolute Gasteiger partial charge is 0.422 e. The lowest BCUT2D eigenvalue weighted by atomic mass is 10.1. The van der Waals surface area contributed by atoms with Crippen LogP contribution in [0.4, 0.5) is 13.2 Å². The maximum absolute atomic E-state index is 12.3. The molecule has 0 amide bonds. The van der Waals surface area contributed by atoms with E-state index >= 15 is 0 Å². The number of alkyl halides is 3. The highest BCUT2D eigenvalue weighted by atomic mass is 19.4. The Hall–Kier alpha value is -1.82. The van der Waals surface area contributed by atoms with Crippen LogP contribution in [0.1, 0.15) is 19.5 Å². The van der Waals surface area contributed by atoms with Crippen molar-refractivity contribution < 1.29 is 17.9 Å². The molecule has 2 aromatic rings. The number of nitrogens with zero attached hydrogens (tertiary/aromatic N) is 1. The average Bonchev–Trinajstić information content (AvgIpc) is 2.41. The van der Waals surface area contributed by atoms with Crippen LogP contribution >= 0.6 is 0 Å². The molecular formula is C15H17F3N2O. The van der Waals surface area contributed by atoms with E-state index in [1.807, 2.05) is 32.0 Å². The third-order valence-electron chi connectivity index (χ3n) is 2.82. The number of pyridine rings is 1. The van der Waals surface area contributed by atoms with Crippen molar-refractivity contribution in [1.82, 2.24) is 10.3 Å². The van der Waals surface area contributed by atoms with E-state index in [0.29, 0.717) is 17.6 Å². The van der Waals surface area contributed by atoms with Crippen LogP contribution in [0.3, 0.4) is 0 Å². The first kappa shape index (κ1) is 15.6. The van der Waals surface area contributed by atoms with Crippen molar-refractivity contribution in [1.29, 1.82) is 0 Å². The molecule has 1 aromatic carbocycles. The lowest BCUT2D eigenvalue weighted by molar-refractivity contribution is -0.153. The quantitative estimate of drug-likeness (QED) is 0.914. The van der Waals surface area contributed by atoms with Gasteiger partial charge in [0.2, 0.25) is 5.88 Å². The Morgan fingerprint density at radius 1 is 1.24 bits per heavy atom. The van der Waals surface area contributed by atoms with Crippen LogP contribution in [0.15, 0.2) is 30.3 Å². The van der Waals surface area contributed by atoms with Crippen molar-refractivity contribution in [2.24, 2.45) is 0 Å². The Bertz CT molecular complexity index is 611. The fourth-order valence-electron chi connectivity index (χ4n) is 1.88. The molecule has 0 aliphatic rings. The predicted octanol–water partition coefficient (Wildman–Crippen LogP) is 3.67. The van der Waals surface area contributed by atoms with Crippen molar-refractivity contribution in [2.45, 2.75) is 32.6 Å². The summed E-state index contributed by atoms with van der Waals surface area (Å²) in [5.74, 6) is 0.0194. The van der Waals surface area contributed by atoms with Gasteiger partial charge in [0, 0.05) is 18.0 Å². The van der Waals surface area contributed by atoms with Crippen molar-refractivity contribution >= 4 is 10.8 Å². The van der Waals surface area contributed by atoms with E-state index in [0.717, 1.165) is 5.39 Å². The minimum Gasteiger partial charge on any atom is -0.468 e. The van der Waals surface area contributed by atoms with Crippen molar-refractivity contribution in [2.75, 3.05) is 6.61 Å². The molecule has 0 spiro atoms.